The highest BCUT2D eigenvalue weighted by Crippen LogP contribution is 2.26. The maximum absolute atomic E-state index is 5.50. The van der Waals surface area contributed by atoms with Crippen molar-refractivity contribution in [3.8, 4) is 11.4 Å². The molecule has 0 aliphatic carbocycles. The van der Waals surface area contributed by atoms with Gasteiger partial charge < -0.3 is 10.1 Å². The molecule has 0 aromatic carbocycles. The number of thiophene rings is 1. The number of aromatic nitrogens is 2. The number of fused-ring (bicyclic) bond motifs is 1. The molecular weight excluding hydrogens is 246 g/mol. The summed E-state index contributed by atoms with van der Waals surface area (Å²) in [5, 5.41) is 7.44. The lowest BCUT2D eigenvalue weighted by Crippen LogP contribution is -2.17. The van der Waals surface area contributed by atoms with Gasteiger partial charge in [-0.3, -0.25) is 0 Å². The minimum atomic E-state index is 0.613. The van der Waals surface area contributed by atoms with Crippen molar-refractivity contribution in [2.45, 2.75) is 20.0 Å². The van der Waals surface area contributed by atoms with Crippen LogP contribution in [0.15, 0.2) is 16.8 Å². The number of hydrogen-bond donors (Lipinski definition) is 1. The second-order valence-electron chi connectivity index (χ2n) is 4.17. The molecule has 0 saturated heterocycles. The Hall–Kier alpha value is -1.46. The standard InChI is InChI=1S/C13H15N3OS/c1-2-14-13-10-7-17-5-3-11(10)15-12(16-13)9-4-6-18-8-9/h4,6,8H,2-3,5,7H2,1H3,(H,14,15,16). The van der Waals surface area contributed by atoms with Crippen LogP contribution in [-0.2, 0) is 17.8 Å². The van der Waals surface area contributed by atoms with Gasteiger partial charge in [-0.15, -0.1) is 0 Å². The van der Waals surface area contributed by atoms with Crippen LogP contribution >= 0.6 is 11.3 Å². The molecule has 3 heterocycles. The van der Waals surface area contributed by atoms with Gasteiger partial charge in [0, 0.05) is 29.5 Å². The zero-order valence-corrected chi connectivity index (χ0v) is 11.1. The number of hydrogen-bond acceptors (Lipinski definition) is 5. The van der Waals surface area contributed by atoms with Gasteiger partial charge >= 0.3 is 0 Å². The summed E-state index contributed by atoms with van der Waals surface area (Å²) in [7, 11) is 0. The Labute approximate surface area is 110 Å². The smallest absolute Gasteiger partial charge is 0.162 e. The van der Waals surface area contributed by atoms with Gasteiger partial charge in [0.2, 0.25) is 0 Å². The monoisotopic (exact) mass is 261 g/mol. The molecule has 0 unspecified atom stereocenters. The molecule has 0 saturated carbocycles. The van der Waals surface area contributed by atoms with Gasteiger partial charge in [-0.2, -0.15) is 11.3 Å². The number of rotatable bonds is 3. The van der Waals surface area contributed by atoms with Crippen LogP contribution in [0.1, 0.15) is 18.2 Å². The lowest BCUT2D eigenvalue weighted by Gasteiger charge is -2.19. The Morgan fingerprint density at radius 2 is 2.39 bits per heavy atom. The average Bonchev–Trinajstić information content (AvgIpc) is 2.93. The number of nitrogens with one attached hydrogen (secondary N) is 1. The normalized spacial score (nSPS) is 14.3. The molecule has 4 nitrogen and oxygen atoms in total. The number of nitrogens with zero attached hydrogens (tertiary/aromatic N) is 2. The Balaban J connectivity index is 2.09. The van der Waals surface area contributed by atoms with Crippen LogP contribution in [0.25, 0.3) is 11.4 Å². The predicted molar refractivity (Wildman–Crippen MR) is 72.9 cm³/mol. The molecule has 94 valence electrons. The molecular formula is C13H15N3OS. The lowest BCUT2D eigenvalue weighted by molar-refractivity contribution is 0.109. The molecule has 0 spiro atoms. The minimum absolute atomic E-state index is 0.613. The highest BCUT2D eigenvalue weighted by atomic mass is 32.1. The third kappa shape index (κ3) is 2.11. The summed E-state index contributed by atoms with van der Waals surface area (Å²) >= 11 is 1.67. The molecule has 1 aliphatic rings. The lowest BCUT2D eigenvalue weighted by atomic mass is 10.1. The summed E-state index contributed by atoms with van der Waals surface area (Å²) in [5.41, 5.74) is 3.32. The largest absolute Gasteiger partial charge is 0.376 e. The fourth-order valence-electron chi connectivity index (χ4n) is 2.07. The van der Waals surface area contributed by atoms with Gasteiger partial charge in [0.25, 0.3) is 0 Å². The van der Waals surface area contributed by atoms with Crippen LogP contribution in [0, 0.1) is 0 Å². The first-order valence-electron chi connectivity index (χ1n) is 6.12. The van der Waals surface area contributed by atoms with Gasteiger partial charge in [0.1, 0.15) is 5.82 Å². The molecule has 0 bridgehead atoms. The zero-order chi connectivity index (χ0) is 12.4. The second-order valence-corrected chi connectivity index (χ2v) is 4.95. The van der Waals surface area contributed by atoms with E-state index in [2.05, 4.69) is 33.7 Å². The Kier molecular flexibility index (Phi) is 3.25. The van der Waals surface area contributed by atoms with Crippen molar-refractivity contribution in [3.05, 3.63) is 28.1 Å². The van der Waals surface area contributed by atoms with Crippen molar-refractivity contribution >= 4 is 17.2 Å². The van der Waals surface area contributed by atoms with Gasteiger partial charge in [0.05, 0.1) is 18.9 Å². The molecule has 1 N–H and O–H groups in total. The average molecular weight is 261 g/mol. The Morgan fingerprint density at radius 1 is 1.44 bits per heavy atom. The van der Waals surface area contributed by atoms with Crippen LogP contribution < -0.4 is 5.32 Å². The van der Waals surface area contributed by atoms with Gasteiger partial charge in [-0.1, -0.05) is 0 Å². The topological polar surface area (TPSA) is 47.0 Å². The zero-order valence-electron chi connectivity index (χ0n) is 10.3. The van der Waals surface area contributed by atoms with Crippen molar-refractivity contribution in [1.29, 1.82) is 0 Å². The molecule has 0 fully saturated rings. The van der Waals surface area contributed by atoms with Crippen LogP contribution in [0.2, 0.25) is 0 Å². The van der Waals surface area contributed by atoms with Crippen molar-refractivity contribution in [3.63, 3.8) is 0 Å². The summed E-state index contributed by atoms with van der Waals surface area (Å²) in [5.74, 6) is 1.73. The second kappa shape index (κ2) is 5.04. The highest BCUT2D eigenvalue weighted by molar-refractivity contribution is 7.08. The van der Waals surface area contributed by atoms with E-state index in [1.165, 1.54) is 0 Å². The fourth-order valence-corrected chi connectivity index (χ4v) is 2.70. The predicted octanol–water partition coefficient (Wildman–Crippen LogP) is 2.71. The van der Waals surface area contributed by atoms with E-state index >= 15 is 0 Å². The third-order valence-corrected chi connectivity index (χ3v) is 3.63. The molecule has 0 amide bonds. The molecule has 2 aromatic heterocycles. The summed E-state index contributed by atoms with van der Waals surface area (Å²) in [6.45, 7) is 4.29. The first-order valence-corrected chi connectivity index (χ1v) is 7.06. The van der Waals surface area contributed by atoms with E-state index in [-0.39, 0.29) is 0 Å². The van der Waals surface area contributed by atoms with E-state index < -0.39 is 0 Å². The summed E-state index contributed by atoms with van der Waals surface area (Å²) < 4.78 is 5.50. The molecule has 2 aromatic rings. The van der Waals surface area contributed by atoms with Gasteiger partial charge in [0.15, 0.2) is 5.82 Å². The maximum Gasteiger partial charge on any atom is 0.162 e. The molecule has 0 radical (unpaired) electrons. The fraction of sp³-hybridized carbons (Fsp3) is 0.385. The van der Waals surface area contributed by atoms with E-state index in [9.17, 15) is 0 Å². The first-order chi connectivity index (χ1) is 8.88. The number of ether oxygens (including phenoxy) is 1. The highest BCUT2D eigenvalue weighted by Gasteiger charge is 2.18. The van der Waals surface area contributed by atoms with Crippen LogP contribution in [0.3, 0.4) is 0 Å². The maximum atomic E-state index is 5.50. The van der Waals surface area contributed by atoms with Crippen molar-refractivity contribution in [2.24, 2.45) is 0 Å². The van der Waals surface area contributed by atoms with Gasteiger partial charge in [-0.05, 0) is 18.4 Å². The Morgan fingerprint density at radius 3 is 3.17 bits per heavy atom. The third-order valence-electron chi connectivity index (χ3n) is 2.95. The van der Waals surface area contributed by atoms with Gasteiger partial charge in [-0.25, -0.2) is 9.97 Å². The van der Waals surface area contributed by atoms with Crippen LogP contribution in [0.4, 0.5) is 5.82 Å². The summed E-state index contributed by atoms with van der Waals surface area (Å²) in [6, 6.07) is 2.06. The van der Waals surface area contributed by atoms with Crippen LogP contribution in [0.5, 0.6) is 0 Å². The first kappa shape index (κ1) is 11.6. The quantitative estimate of drug-likeness (QED) is 0.923. The van der Waals surface area contributed by atoms with Crippen LogP contribution in [-0.4, -0.2) is 23.1 Å². The van der Waals surface area contributed by atoms with Crippen molar-refractivity contribution in [1.82, 2.24) is 9.97 Å². The number of anilines is 1. The minimum Gasteiger partial charge on any atom is -0.376 e. The molecule has 18 heavy (non-hydrogen) atoms. The van der Waals surface area contributed by atoms with E-state index in [0.29, 0.717) is 6.61 Å². The molecule has 1 aliphatic heterocycles. The summed E-state index contributed by atoms with van der Waals surface area (Å²) in [4.78, 5) is 9.30. The van der Waals surface area contributed by atoms with E-state index in [1.54, 1.807) is 11.3 Å². The molecule has 3 rings (SSSR count). The summed E-state index contributed by atoms with van der Waals surface area (Å²) in [6.07, 6.45) is 0.868. The van der Waals surface area contributed by atoms with E-state index in [4.69, 9.17) is 4.74 Å². The van der Waals surface area contributed by atoms with E-state index in [0.717, 1.165) is 48.0 Å². The Bertz CT molecular complexity index is 539. The van der Waals surface area contributed by atoms with Crippen molar-refractivity contribution < 1.29 is 4.74 Å². The van der Waals surface area contributed by atoms with Crippen molar-refractivity contribution in [2.75, 3.05) is 18.5 Å². The molecule has 5 heteroatoms. The molecule has 0 atom stereocenters. The SMILES string of the molecule is CCNc1nc(-c2ccsc2)nc2c1COCC2. The van der Waals surface area contributed by atoms with E-state index in [1.807, 2.05) is 5.38 Å².